The first kappa shape index (κ1) is 13.7. The highest BCUT2D eigenvalue weighted by Gasteiger charge is 2.06. The molecule has 0 aromatic heterocycles. The number of carbonyl (C=O) groups excluding carboxylic acids is 1. The van der Waals surface area contributed by atoms with Crippen LogP contribution in [0, 0.1) is 0 Å². The Kier molecular flexibility index (Phi) is 5.70. The number of hydrogen-bond acceptors (Lipinski definition) is 2. The molecule has 0 saturated carbocycles. The molecule has 1 aromatic rings. The van der Waals surface area contributed by atoms with E-state index in [1.54, 1.807) is 24.3 Å². The zero-order valence-electron chi connectivity index (χ0n) is 9.49. The number of carbonyl (C=O) groups is 2. The van der Waals surface area contributed by atoms with E-state index in [4.69, 9.17) is 16.7 Å². The van der Waals surface area contributed by atoms with Crippen LogP contribution < -0.4 is 0 Å². The Labute approximate surface area is 105 Å². The van der Waals surface area contributed by atoms with Gasteiger partial charge >= 0.3 is 5.97 Å². The third kappa shape index (κ3) is 5.50. The highest BCUT2D eigenvalue weighted by atomic mass is 35.5. The lowest BCUT2D eigenvalue weighted by atomic mass is 10.0. The molecule has 17 heavy (non-hydrogen) atoms. The molecule has 1 aromatic carbocycles. The van der Waals surface area contributed by atoms with Crippen LogP contribution in [0.2, 0.25) is 5.02 Å². The molecule has 0 aliphatic heterocycles. The van der Waals surface area contributed by atoms with Crippen molar-refractivity contribution in [2.24, 2.45) is 0 Å². The molecule has 3 nitrogen and oxygen atoms in total. The highest BCUT2D eigenvalue weighted by molar-refractivity contribution is 6.31. The van der Waals surface area contributed by atoms with Crippen LogP contribution in [0.15, 0.2) is 24.3 Å². The van der Waals surface area contributed by atoms with Crippen molar-refractivity contribution in [3.63, 3.8) is 0 Å². The van der Waals surface area contributed by atoms with E-state index in [9.17, 15) is 9.59 Å². The third-order valence-electron chi connectivity index (χ3n) is 2.44. The average Bonchev–Trinajstić information content (AvgIpc) is 2.28. The van der Waals surface area contributed by atoms with Crippen LogP contribution in [0.3, 0.4) is 0 Å². The SMILES string of the molecule is O=C(O)CCCCCC(=O)c1cccc(Cl)c1. The van der Waals surface area contributed by atoms with E-state index in [-0.39, 0.29) is 12.2 Å². The minimum absolute atomic E-state index is 0.0582. The van der Waals surface area contributed by atoms with Crippen LogP contribution in [0.1, 0.15) is 42.5 Å². The molecule has 0 unspecified atom stereocenters. The molecule has 0 atom stereocenters. The van der Waals surface area contributed by atoms with Gasteiger partial charge in [0.1, 0.15) is 0 Å². The average molecular weight is 255 g/mol. The first-order chi connectivity index (χ1) is 8.09. The van der Waals surface area contributed by atoms with Crippen molar-refractivity contribution in [3.05, 3.63) is 34.9 Å². The van der Waals surface area contributed by atoms with Crippen LogP contribution in [0.4, 0.5) is 0 Å². The van der Waals surface area contributed by atoms with E-state index >= 15 is 0 Å². The molecule has 0 spiro atoms. The van der Waals surface area contributed by atoms with E-state index in [1.165, 1.54) is 0 Å². The zero-order chi connectivity index (χ0) is 12.7. The summed E-state index contributed by atoms with van der Waals surface area (Å²) in [6.45, 7) is 0. The van der Waals surface area contributed by atoms with Gasteiger partial charge in [-0.2, -0.15) is 0 Å². The van der Waals surface area contributed by atoms with Crippen LogP contribution >= 0.6 is 11.6 Å². The Morgan fingerprint density at radius 2 is 1.82 bits per heavy atom. The molecular weight excluding hydrogens is 240 g/mol. The lowest BCUT2D eigenvalue weighted by Gasteiger charge is -2.01. The molecule has 0 heterocycles. The number of Topliss-reactive ketones (excluding diaryl/α,β-unsaturated/α-hetero) is 1. The van der Waals surface area contributed by atoms with Gasteiger partial charge in [-0.3, -0.25) is 9.59 Å². The fourth-order valence-corrected chi connectivity index (χ4v) is 1.74. The number of halogens is 1. The minimum Gasteiger partial charge on any atom is -0.481 e. The van der Waals surface area contributed by atoms with Gasteiger partial charge in [-0.25, -0.2) is 0 Å². The number of hydrogen-bond donors (Lipinski definition) is 1. The van der Waals surface area contributed by atoms with Crippen LogP contribution in [-0.4, -0.2) is 16.9 Å². The second-order valence-electron chi connectivity index (χ2n) is 3.89. The maximum Gasteiger partial charge on any atom is 0.303 e. The Bertz CT molecular complexity index is 401. The lowest BCUT2D eigenvalue weighted by Crippen LogP contribution is -1.99. The Morgan fingerprint density at radius 3 is 2.47 bits per heavy atom. The van der Waals surface area contributed by atoms with E-state index in [0.29, 0.717) is 23.4 Å². The van der Waals surface area contributed by atoms with Gasteiger partial charge in [0.2, 0.25) is 0 Å². The largest absolute Gasteiger partial charge is 0.481 e. The molecule has 0 radical (unpaired) electrons. The summed E-state index contributed by atoms with van der Waals surface area (Å²) < 4.78 is 0. The molecule has 1 N–H and O–H groups in total. The highest BCUT2D eigenvalue weighted by Crippen LogP contribution is 2.14. The Morgan fingerprint density at radius 1 is 1.12 bits per heavy atom. The summed E-state index contributed by atoms with van der Waals surface area (Å²) in [6, 6.07) is 6.87. The fourth-order valence-electron chi connectivity index (χ4n) is 1.54. The topological polar surface area (TPSA) is 54.4 Å². The number of aliphatic carboxylic acids is 1. The number of rotatable bonds is 7. The summed E-state index contributed by atoms with van der Waals surface area (Å²) in [5.41, 5.74) is 0.621. The van der Waals surface area contributed by atoms with Crippen molar-refractivity contribution < 1.29 is 14.7 Å². The van der Waals surface area contributed by atoms with E-state index in [0.717, 1.165) is 12.8 Å². The molecule has 0 fully saturated rings. The molecule has 0 saturated heterocycles. The summed E-state index contributed by atoms with van der Waals surface area (Å²) in [5, 5.41) is 9.01. The summed E-state index contributed by atoms with van der Waals surface area (Å²) in [7, 11) is 0. The molecular formula is C13H15ClO3. The van der Waals surface area contributed by atoms with Gasteiger partial charge in [0.15, 0.2) is 5.78 Å². The first-order valence-corrected chi connectivity index (χ1v) is 5.98. The molecule has 0 aliphatic carbocycles. The van der Waals surface area contributed by atoms with Crippen LogP contribution in [-0.2, 0) is 4.79 Å². The van der Waals surface area contributed by atoms with Crippen LogP contribution in [0.5, 0.6) is 0 Å². The predicted octanol–water partition coefficient (Wildman–Crippen LogP) is 3.56. The summed E-state index contributed by atoms with van der Waals surface area (Å²) >= 11 is 5.79. The molecule has 0 bridgehead atoms. The third-order valence-corrected chi connectivity index (χ3v) is 2.68. The summed E-state index contributed by atoms with van der Waals surface area (Å²) in [5.74, 6) is -0.728. The minimum atomic E-state index is -0.786. The second-order valence-corrected chi connectivity index (χ2v) is 4.32. The first-order valence-electron chi connectivity index (χ1n) is 5.60. The molecule has 1 rings (SSSR count). The van der Waals surface area contributed by atoms with Crippen molar-refractivity contribution >= 4 is 23.4 Å². The Hall–Kier alpha value is -1.35. The predicted molar refractivity (Wildman–Crippen MR) is 66.5 cm³/mol. The number of carboxylic acid groups (broad SMARTS) is 1. The van der Waals surface area contributed by atoms with Crippen LogP contribution in [0.25, 0.3) is 0 Å². The normalized spacial score (nSPS) is 10.2. The van der Waals surface area contributed by atoms with Gasteiger partial charge in [-0.05, 0) is 25.0 Å². The second kappa shape index (κ2) is 7.07. The van der Waals surface area contributed by atoms with E-state index in [2.05, 4.69) is 0 Å². The van der Waals surface area contributed by atoms with Gasteiger partial charge in [0.05, 0.1) is 0 Å². The standard InChI is InChI=1S/C13H15ClO3/c14-11-6-4-5-10(9-11)12(15)7-2-1-3-8-13(16)17/h4-6,9H,1-3,7-8H2,(H,16,17). The smallest absolute Gasteiger partial charge is 0.303 e. The summed E-state index contributed by atoms with van der Waals surface area (Å²) in [4.78, 5) is 22.0. The van der Waals surface area contributed by atoms with Gasteiger partial charge in [-0.1, -0.05) is 30.2 Å². The van der Waals surface area contributed by atoms with Gasteiger partial charge in [0.25, 0.3) is 0 Å². The van der Waals surface area contributed by atoms with Gasteiger partial charge in [0, 0.05) is 23.4 Å². The van der Waals surface area contributed by atoms with Crippen molar-refractivity contribution in [2.45, 2.75) is 32.1 Å². The summed E-state index contributed by atoms with van der Waals surface area (Å²) in [6.07, 6.45) is 2.72. The zero-order valence-corrected chi connectivity index (χ0v) is 10.2. The van der Waals surface area contributed by atoms with Crippen molar-refractivity contribution in [1.82, 2.24) is 0 Å². The van der Waals surface area contributed by atoms with Gasteiger partial charge in [-0.15, -0.1) is 0 Å². The number of benzene rings is 1. The number of unbranched alkanes of at least 4 members (excludes halogenated alkanes) is 2. The molecule has 0 aliphatic rings. The molecule has 92 valence electrons. The van der Waals surface area contributed by atoms with E-state index in [1.807, 2.05) is 0 Å². The quantitative estimate of drug-likeness (QED) is 0.598. The number of carboxylic acids is 1. The Balaban J connectivity index is 2.28. The van der Waals surface area contributed by atoms with Crippen molar-refractivity contribution in [2.75, 3.05) is 0 Å². The lowest BCUT2D eigenvalue weighted by molar-refractivity contribution is -0.137. The maximum atomic E-state index is 11.7. The van der Waals surface area contributed by atoms with E-state index < -0.39 is 5.97 Å². The molecule has 4 heteroatoms. The van der Waals surface area contributed by atoms with Gasteiger partial charge < -0.3 is 5.11 Å². The van der Waals surface area contributed by atoms with Crippen molar-refractivity contribution in [3.8, 4) is 0 Å². The maximum absolute atomic E-state index is 11.7. The fraction of sp³-hybridized carbons (Fsp3) is 0.385. The monoisotopic (exact) mass is 254 g/mol. The molecule has 0 amide bonds. The number of ketones is 1. The van der Waals surface area contributed by atoms with Crippen molar-refractivity contribution in [1.29, 1.82) is 0 Å².